The number of morpholine rings is 1. The van der Waals surface area contributed by atoms with Gasteiger partial charge in [-0.3, -0.25) is 19.3 Å². The van der Waals surface area contributed by atoms with E-state index in [9.17, 15) is 14.4 Å². The molecule has 2 atom stereocenters. The van der Waals surface area contributed by atoms with Crippen LogP contribution in [-0.2, 0) is 14.3 Å². The van der Waals surface area contributed by atoms with Gasteiger partial charge >= 0.3 is 0 Å². The van der Waals surface area contributed by atoms with Crippen LogP contribution in [0.4, 0.5) is 5.69 Å². The molecule has 0 radical (unpaired) electrons. The maximum atomic E-state index is 12.2. The van der Waals surface area contributed by atoms with Gasteiger partial charge in [-0.25, -0.2) is 0 Å². The Hall–Kier alpha value is -2.45. The third-order valence-electron chi connectivity index (χ3n) is 5.17. The van der Waals surface area contributed by atoms with Gasteiger partial charge in [-0.15, -0.1) is 0 Å². The second kappa shape index (κ2) is 9.84. The molecule has 1 aromatic rings. The number of carbonyl (C=O) groups excluding carboxylic acids is 3. The van der Waals surface area contributed by atoms with E-state index in [1.54, 1.807) is 29.2 Å². The zero-order valence-corrected chi connectivity index (χ0v) is 17.1. The smallest absolute Gasteiger partial charge is 0.251 e. The molecule has 3 amide bonds. The molecule has 2 aliphatic rings. The van der Waals surface area contributed by atoms with Crippen LogP contribution >= 0.6 is 0 Å². The highest BCUT2D eigenvalue weighted by atomic mass is 16.5. The Labute approximate surface area is 171 Å². The summed E-state index contributed by atoms with van der Waals surface area (Å²) in [4.78, 5) is 40.0. The Bertz CT molecular complexity index is 727. The third-order valence-corrected chi connectivity index (χ3v) is 5.17. The molecule has 2 fully saturated rings. The van der Waals surface area contributed by atoms with E-state index in [1.807, 2.05) is 13.8 Å². The van der Waals surface area contributed by atoms with Gasteiger partial charge in [0.2, 0.25) is 11.8 Å². The molecule has 0 bridgehead atoms. The average molecular weight is 402 g/mol. The van der Waals surface area contributed by atoms with Crippen molar-refractivity contribution in [3.05, 3.63) is 29.8 Å². The molecular formula is C21H30N4O4. The Balaban J connectivity index is 1.37. The molecule has 0 saturated carbocycles. The summed E-state index contributed by atoms with van der Waals surface area (Å²) in [6.45, 7) is 7.75. The van der Waals surface area contributed by atoms with E-state index in [-0.39, 0.29) is 36.5 Å². The highest BCUT2D eigenvalue weighted by Gasteiger charge is 2.22. The Kier molecular flexibility index (Phi) is 7.22. The van der Waals surface area contributed by atoms with Crippen molar-refractivity contribution in [1.29, 1.82) is 0 Å². The first-order chi connectivity index (χ1) is 13.9. The molecule has 158 valence electrons. The van der Waals surface area contributed by atoms with Gasteiger partial charge in [-0.2, -0.15) is 0 Å². The van der Waals surface area contributed by atoms with Gasteiger partial charge in [0.15, 0.2) is 0 Å². The van der Waals surface area contributed by atoms with Crippen molar-refractivity contribution in [2.75, 3.05) is 44.2 Å². The van der Waals surface area contributed by atoms with Gasteiger partial charge in [0, 0.05) is 50.4 Å². The number of benzene rings is 1. The summed E-state index contributed by atoms with van der Waals surface area (Å²) < 4.78 is 5.70. The van der Waals surface area contributed by atoms with Crippen molar-refractivity contribution in [3.63, 3.8) is 0 Å². The van der Waals surface area contributed by atoms with Crippen LogP contribution in [0, 0.1) is 0 Å². The topological polar surface area (TPSA) is 91.0 Å². The Morgan fingerprint density at radius 3 is 2.41 bits per heavy atom. The fraction of sp³-hybridized carbons (Fsp3) is 0.571. The summed E-state index contributed by atoms with van der Waals surface area (Å²) in [6, 6.07) is 6.88. The minimum atomic E-state index is -0.310. The molecular weight excluding hydrogens is 372 g/mol. The van der Waals surface area contributed by atoms with E-state index in [1.165, 1.54) is 0 Å². The van der Waals surface area contributed by atoms with Crippen LogP contribution < -0.4 is 15.5 Å². The molecule has 8 nitrogen and oxygen atoms in total. The number of carbonyl (C=O) groups is 3. The zero-order chi connectivity index (χ0) is 20.8. The summed E-state index contributed by atoms with van der Waals surface area (Å²) in [6.07, 6.45) is 1.83. The summed E-state index contributed by atoms with van der Waals surface area (Å²) in [5, 5.41) is 5.47. The largest absolute Gasteiger partial charge is 0.373 e. The van der Waals surface area contributed by atoms with Crippen molar-refractivity contribution in [2.24, 2.45) is 0 Å². The number of hydrogen-bond donors (Lipinski definition) is 2. The van der Waals surface area contributed by atoms with Crippen molar-refractivity contribution >= 4 is 23.4 Å². The molecule has 29 heavy (non-hydrogen) atoms. The summed E-state index contributed by atoms with van der Waals surface area (Å²) >= 11 is 0. The predicted octanol–water partition coefficient (Wildman–Crippen LogP) is 0.769. The number of nitrogens with zero attached hydrogens (tertiary/aromatic N) is 2. The zero-order valence-electron chi connectivity index (χ0n) is 17.1. The normalized spacial score (nSPS) is 22.6. The fourth-order valence-corrected chi connectivity index (χ4v) is 3.86. The van der Waals surface area contributed by atoms with E-state index in [2.05, 4.69) is 15.5 Å². The fourth-order valence-electron chi connectivity index (χ4n) is 3.86. The minimum Gasteiger partial charge on any atom is -0.373 e. The quantitative estimate of drug-likeness (QED) is 0.703. The van der Waals surface area contributed by atoms with E-state index in [4.69, 9.17) is 4.74 Å². The highest BCUT2D eigenvalue weighted by molar-refractivity contribution is 5.98. The number of ether oxygens (including phenoxy) is 1. The maximum Gasteiger partial charge on any atom is 0.251 e. The van der Waals surface area contributed by atoms with E-state index >= 15 is 0 Å². The molecule has 2 aliphatic heterocycles. The molecule has 2 saturated heterocycles. The van der Waals surface area contributed by atoms with Crippen molar-refractivity contribution in [1.82, 2.24) is 15.5 Å². The molecule has 8 heteroatoms. The molecule has 2 heterocycles. The first kappa shape index (κ1) is 21.3. The van der Waals surface area contributed by atoms with Crippen LogP contribution in [0.3, 0.4) is 0 Å². The lowest BCUT2D eigenvalue weighted by atomic mass is 10.2. The van der Waals surface area contributed by atoms with Crippen LogP contribution in [0.5, 0.6) is 0 Å². The number of rotatable bonds is 7. The number of hydrogen-bond acceptors (Lipinski definition) is 5. The lowest BCUT2D eigenvalue weighted by molar-refractivity contribution is -0.120. The van der Waals surface area contributed by atoms with E-state index in [0.717, 1.165) is 31.7 Å². The van der Waals surface area contributed by atoms with Crippen LogP contribution in [-0.4, -0.2) is 74.1 Å². The van der Waals surface area contributed by atoms with Gasteiger partial charge in [-0.1, -0.05) is 0 Å². The minimum absolute atomic E-state index is 0.0683. The van der Waals surface area contributed by atoms with Crippen LogP contribution in [0.1, 0.15) is 37.0 Å². The van der Waals surface area contributed by atoms with Gasteiger partial charge in [0.1, 0.15) is 0 Å². The van der Waals surface area contributed by atoms with Crippen LogP contribution in [0.25, 0.3) is 0 Å². The van der Waals surface area contributed by atoms with Crippen LogP contribution in [0.15, 0.2) is 24.3 Å². The molecule has 0 aromatic heterocycles. The maximum absolute atomic E-state index is 12.2. The van der Waals surface area contributed by atoms with Gasteiger partial charge in [0.25, 0.3) is 5.91 Å². The van der Waals surface area contributed by atoms with Crippen molar-refractivity contribution in [2.45, 2.75) is 38.9 Å². The Morgan fingerprint density at radius 2 is 1.79 bits per heavy atom. The predicted molar refractivity (Wildman–Crippen MR) is 110 cm³/mol. The van der Waals surface area contributed by atoms with Gasteiger partial charge in [0.05, 0.1) is 18.8 Å². The van der Waals surface area contributed by atoms with Gasteiger partial charge in [-0.05, 0) is 44.5 Å². The molecule has 2 N–H and O–H groups in total. The molecule has 0 aliphatic carbocycles. The number of anilines is 1. The lowest BCUT2D eigenvalue weighted by Crippen LogP contribution is -2.48. The SMILES string of the molecule is CC1CN(CCNC(=O)CNC(=O)c2ccc(N3CCCC3=O)cc2)CC(C)O1. The standard InChI is InChI=1S/C21H30N4O4/c1-15-13-24(14-16(2)29-15)11-9-22-19(26)12-23-21(28)17-5-7-18(8-6-17)25-10-3-4-20(25)27/h5-8,15-16H,3-4,9-14H2,1-2H3,(H,22,26)(H,23,28). The molecule has 1 aromatic carbocycles. The third kappa shape index (κ3) is 6.01. The number of nitrogens with one attached hydrogen (secondary N) is 2. The number of amides is 3. The lowest BCUT2D eigenvalue weighted by Gasteiger charge is -2.35. The molecule has 3 rings (SSSR count). The second-order valence-corrected chi connectivity index (χ2v) is 7.75. The van der Waals surface area contributed by atoms with E-state index < -0.39 is 0 Å². The Morgan fingerprint density at radius 1 is 1.10 bits per heavy atom. The van der Waals surface area contributed by atoms with Crippen LogP contribution in [0.2, 0.25) is 0 Å². The van der Waals surface area contributed by atoms with E-state index in [0.29, 0.717) is 25.1 Å². The second-order valence-electron chi connectivity index (χ2n) is 7.75. The summed E-state index contributed by atoms with van der Waals surface area (Å²) in [5.41, 5.74) is 1.26. The molecule has 0 spiro atoms. The first-order valence-electron chi connectivity index (χ1n) is 10.3. The highest BCUT2D eigenvalue weighted by Crippen LogP contribution is 2.21. The monoisotopic (exact) mass is 402 g/mol. The van der Waals surface area contributed by atoms with Crippen molar-refractivity contribution < 1.29 is 19.1 Å². The summed E-state index contributed by atoms with van der Waals surface area (Å²) in [5.74, 6) is -0.415. The first-order valence-corrected chi connectivity index (χ1v) is 10.3. The van der Waals surface area contributed by atoms with Gasteiger partial charge < -0.3 is 20.3 Å². The van der Waals surface area contributed by atoms with Crippen molar-refractivity contribution in [3.8, 4) is 0 Å². The summed E-state index contributed by atoms with van der Waals surface area (Å²) in [7, 11) is 0. The average Bonchev–Trinajstić information content (AvgIpc) is 3.11. The molecule has 2 unspecified atom stereocenters.